The van der Waals surface area contributed by atoms with Crippen molar-refractivity contribution in [2.24, 2.45) is 10.2 Å². The van der Waals surface area contributed by atoms with Crippen LogP contribution in [-0.2, 0) is 9.59 Å². The van der Waals surface area contributed by atoms with Crippen LogP contribution in [-0.4, -0.2) is 66.9 Å². The molecule has 0 heterocycles. The summed E-state index contributed by atoms with van der Waals surface area (Å²) in [6.07, 6.45) is 2.27. The molecule has 0 aliphatic rings. The summed E-state index contributed by atoms with van der Waals surface area (Å²) < 4.78 is 31.6. The Morgan fingerprint density at radius 3 is 1.20 bits per heavy atom. The van der Waals surface area contributed by atoms with Gasteiger partial charge in [0.05, 0.1) is 55.1 Å². The molecule has 0 fully saturated rings. The first-order valence-electron chi connectivity index (χ1n) is 10.1. The van der Waals surface area contributed by atoms with E-state index in [1.807, 2.05) is 0 Å². The summed E-state index contributed by atoms with van der Waals surface area (Å²) >= 11 is 0. The van der Waals surface area contributed by atoms with E-state index in [1.54, 1.807) is 24.3 Å². The minimum Gasteiger partial charge on any atom is -0.493 e. The van der Waals surface area contributed by atoms with Crippen molar-refractivity contribution in [2.75, 3.05) is 42.7 Å². The van der Waals surface area contributed by atoms with Crippen molar-refractivity contribution in [2.45, 2.75) is 6.42 Å². The van der Waals surface area contributed by atoms with Gasteiger partial charge in [-0.1, -0.05) is 0 Å². The SMILES string of the molecule is COc1cc(/C=N/NC(=O)CC(=O)N/N=C/c2cc(OC)c(OC)c(OC)c2)cc(OC)c1OC. The Balaban J connectivity index is 1.94. The van der Waals surface area contributed by atoms with E-state index in [9.17, 15) is 9.59 Å². The Morgan fingerprint density at radius 1 is 0.629 bits per heavy atom. The molecule has 0 bridgehead atoms. The van der Waals surface area contributed by atoms with Crippen LogP contribution in [0.5, 0.6) is 34.5 Å². The molecule has 0 radical (unpaired) electrons. The summed E-state index contributed by atoms with van der Waals surface area (Å²) in [4.78, 5) is 24.0. The Kier molecular flexibility index (Phi) is 10.2. The second-order valence-electron chi connectivity index (χ2n) is 6.68. The highest BCUT2D eigenvalue weighted by atomic mass is 16.5. The monoisotopic (exact) mass is 488 g/mol. The maximum atomic E-state index is 12.0. The molecule has 0 aliphatic heterocycles. The lowest BCUT2D eigenvalue weighted by atomic mass is 10.2. The van der Waals surface area contributed by atoms with Crippen molar-refractivity contribution >= 4 is 24.2 Å². The summed E-state index contributed by atoms with van der Waals surface area (Å²) in [6.45, 7) is 0. The van der Waals surface area contributed by atoms with Crippen molar-refractivity contribution < 1.29 is 38.0 Å². The molecule has 2 aromatic rings. The lowest BCUT2D eigenvalue weighted by Gasteiger charge is -2.12. The van der Waals surface area contributed by atoms with Crippen LogP contribution < -0.4 is 39.3 Å². The summed E-state index contributed by atoms with van der Waals surface area (Å²) in [5.74, 6) is 1.34. The quantitative estimate of drug-likeness (QED) is 0.262. The number of nitrogens with one attached hydrogen (secondary N) is 2. The third kappa shape index (κ3) is 7.25. The van der Waals surface area contributed by atoms with Gasteiger partial charge in [0.15, 0.2) is 23.0 Å². The average molecular weight is 488 g/mol. The Morgan fingerprint density at radius 2 is 0.943 bits per heavy atom. The molecule has 0 atom stereocenters. The second-order valence-corrected chi connectivity index (χ2v) is 6.68. The molecule has 2 amide bonds. The number of benzene rings is 2. The highest BCUT2D eigenvalue weighted by Gasteiger charge is 2.14. The number of rotatable bonds is 12. The minimum absolute atomic E-state index is 0.430. The van der Waals surface area contributed by atoms with Crippen molar-refractivity contribution in [3.8, 4) is 34.5 Å². The maximum Gasteiger partial charge on any atom is 0.249 e. The number of carbonyl (C=O) groups excluding carboxylic acids is 2. The van der Waals surface area contributed by atoms with E-state index < -0.39 is 18.2 Å². The van der Waals surface area contributed by atoms with Gasteiger partial charge in [-0.2, -0.15) is 10.2 Å². The van der Waals surface area contributed by atoms with Crippen LogP contribution in [0, 0.1) is 0 Å². The number of carbonyl (C=O) groups is 2. The summed E-state index contributed by atoms with van der Waals surface area (Å²) in [7, 11) is 8.94. The van der Waals surface area contributed by atoms with E-state index in [0.29, 0.717) is 45.6 Å². The van der Waals surface area contributed by atoms with Crippen LogP contribution in [0.25, 0.3) is 0 Å². The fourth-order valence-corrected chi connectivity index (χ4v) is 2.93. The zero-order chi connectivity index (χ0) is 25.8. The molecule has 2 N–H and O–H groups in total. The Hall–Kier alpha value is -4.48. The van der Waals surface area contributed by atoms with Gasteiger partial charge in [0.25, 0.3) is 0 Å². The van der Waals surface area contributed by atoms with Crippen molar-refractivity contribution in [3.63, 3.8) is 0 Å². The zero-order valence-electron chi connectivity index (χ0n) is 20.3. The number of hydrogen-bond acceptors (Lipinski definition) is 10. The van der Waals surface area contributed by atoms with E-state index in [0.717, 1.165) is 0 Å². The summed E-state index contributed by atoms with van der Waals surface area (Å²) in [6, 6.07) is 6.62. The van der Waals surface area contributed by atoms with Gasteiger partial charge >= 0.3 is 0 Å². The number of ether oxygens (including phenoxy) is 6. The molecule has 2 aromatic carbocycles. The van der Waals surface area contributed by atoms with Crippen LogP contribution in [0.2, 0.25) is 0 Å². The van der Waals surface area contributed by atoms with E-state index >= 15 is 0 Å². The molecule has 35 heavy (non-hydrogen) atoms. The molecule has 12 heteroatoms. The van der Waals surface area contributed by atoms with Crippen LogP contribution in [0.4, 0.5) is 0 Å². The predicted molar refractivity (Wildman–Crippen MR) is 128 cm³/mol. The van der Waals surface area contributed by atoms with Gasteiger partial charge in [-0.15, -0.1) is 0 Å². The highest BCUT2D eigenvalue weighted by molar-refractivity contribution is 5.97. The first kappa shape index (κ1) is 26.8. The fraction of sp³-hybridized carbons (Fsp3) is 0.304. The molecular weight excluding hydrogens is 460 g/mol. The minimum atomic E-state index is -0.630. The van der Waals surface area contributed by atoms with Crippen molar-refractivity contribution in [1.82, 2.24) is 10.9 Å². The molecule has 0 aliphatic carbocycles. The van der Waals surface area contributed by atoms with Crippen molar-refractivity contribution in [1.29, 1.82) is 0 Å². The molecular formula is C23H28N4O8. The van der Waals surface area contributed by atoms with E-state index in [2.05, 4.69) is 21.1 Å². The standard InChI is InChI=1S/C23H28N4O8/c1-30-16-7-14(8-17(31-2)22(16)34-5)12-24-26-20(28)11-21(29)27-25-13-15-9-18(32-3)23(35-6)19(10-15)33-4/h7-10,12-13H,11H2,1-6H3,(H,26,28)(H,27,29)/b24-12+,25-13+. The second kappa shape index (κ2) is 13.3. The summed E-state index contributed by atoms with van der Waals surface area (Å²) in [5, 5.41) is 7.70. The summed E-state index contributed by atoms with van der Waals surface area (Å²) in [5.41, 5.74) is 5.71. The third-order valence-corrected chi connectivity index (χ3v) is 4.50. The van der Waals surface area contributed by atoms with Crippen LogP contribution in [0.1, 0.15) is 17.5 Å². The number of hydrogen-bond donors (Lipinski definition) is 2. The zero-order valence-corrected chi connectivity index (χ0v) is 20.3. The molecule has 2 rings (SSSR count). The topological polar surface area (TPSA) is 138 Å². The molecule has 0 saturated carbocycles. The number of amides is 2. The van der Waals surface area contributed by atoms with Crippen LogP contribution in [0.15, 0.2) is 34.5 Å². The lowest BCUT2D eigenvalue weighted by Crippen LogP contribution is -2.27. The van der Waals surface area contributed by atoms with Gasteiger partial charge in [0.1, 0.15) is 6.42 Å². The average Bonchev–Trinajstić information content (AvgIpc) is 2.87. The third-order valence-electron chi connectivity index (χ3n) is 4.50. The highest BCUT2D eigenvalue weighted by Crippen LogP contribution is 2.38. The smallest absolute Gasteiger partial charge is 0.249 e. The maximum absolute atomic E-state index is 12.0. The van der Waals surface area contributed by atoms with E-state index in [1.165, 1.54) is 55.1 Å². The van der Waals surface area contributed by atoms with E-state index in [4.69, 9.17) is 28.4 Å². The molecule has 0 spiro atoms. The van der Waals surface area contributed by atoms with Crippen LogP contribution in [0.3, 0.4) is 0 Å². The lowest BCUT2D eigenvalue weighted by molar-refractivity contribution is -0.129. The largest absolute Gasteiger partial charge is 0.493 e. The Labute approximate surface area is 202 Å². The normalized spacial score (nSPS) is 10.7. The number of hydrazone groups is 2. The molecule has 0 saturated heterocycles. The molecule has 0 unspecified atom stereocenters. The molecule has 188 valence electrons. The van der Waals surface area contributed by atoms with Crippen molar-refractivity contribution in [3.05, 3.63) is 35.4 Å². The fourth-order valence-electron chi connectivity index (χ4n) is 2.93. The number of nitrogens with zero attached hydrogens (tertiary/aromatic N) is 2. The molecule has 0 aromatic heterocycles. The van der Waals surface area contributed by atoms with Gasteiger partial charge in [-0.3, -0.25) is 9.59 Å². The number of methoxy groups -OCH3 is 6. The predicted octanol–water partition coefficient (Wildman–Crippen LogP) is 1.73. The van der Waals surface area contributed by atoms with E-state index in [-0.39, 0.29) is 0 Å². The first-order chi connectivity index (χ1) is 16.9. The Bertz CT molecular complexity index is 965. The first-order valence-corrected chi connectivity index (χ1v) is 10.1. The van der Waals surface area contributed by atoms with Crippen LogP contribution >= 0.6 is 0 Å². The van der Waals surface area contributed by atoms with Gasteiger partial charge in [0.2, 0.25) is 23.3 Å². The molecule has 12 nitrogen and oxygen atoms in total. The van der Waals surface area contributed by atoms with Gasteiger partial charge in [-0.25, -0.2) is 10.9 Å². The van der Waals surface area contributed by atoms with Gasteiger partial charge in [0, 0.05) is 11.1 Å². The van der Waals surface area contributed by atoms with Gasteiger partial charge < -0.3 is 28.4 Å². The van der Waals surface area contributed by atoms with Gasteiger partial charge in [-0.05, 0) is 24.3 Å².